The number of rotatable bonds is 4. The first-order valence-corrected chi connectivity index (χ1v) is 8.40. The molecule has 2 heterocycles. The topological polar surface area (TPSA) is 49.4 Å². The molecular formula is C14H19BrN2O2S. The molecule has 20 heavy (non-hydrogen) atoms. The molecule has 1 fully saturated rings. The zero-order valence-electron chi connectivity index (χ0n) is 11.7. The van der Waals surface area contributed by atoms with Crippen molar-refractivity contribution in [1.29, 1.82) is 0 Å². The summed E-state index contributed by atoms with van der Waals surface area (Å²) in [7, 11) is 0. The van der Waals surface area contributed by atoms with E-state index in [1.54, 1.807) is 11.3 Å². The van der Waals surface area contributed by atoms with Crippen LogP contribution in [0.25, 0.3) is 0 Å². The number of thiophene rings is 1. The summed E-state index contributed by atoms with van der Waals surface area (Å²) in [6, 6.07) is 3.70. The normalized spacial score (nSPS) is 20.2. The van der Waals surface area contributed by atoms with Crippen LogP contribution >= 0.6 is 27.3 Å². The first-order chi connectivity index (χ1) is 9.47. The molecule has 1 aliphatic heterocycles. The average molecular weight is 359 g/mol. The molecule has 0 spiro atoms. The van der Waals surface area contributed by atoms with E-state index in [4.69, 9.17) is 0 Å². The lowest BCUT2D eigenvalue weighted by atomic mass is 10.0. The van der Waals surface area contributed by atoms with E-state index in [-0.39, 0.29) is 23.8 Å². The third-order valence-electron chi connectivity index (χ3n) is 3.43. The Bertz CT molecular complexity index is 501. The highest BCUT2D eigenvalue weighted by Gasteiger charge is 2.31. The summed E-state index contributed by atoms with van der Waals surface area (Å²) in [5, 5.41) is 2.83. The zero-order chi connectivity index (χ0) is 14.7. The molecule has 1 atom stereocenters. The third kappa shape index (κ3) is 3.82. The van der Waals surface area contributed by atoms with Gasteiger partial charge in [0.05, 0.1) is 3.79 Å². The second kappa shape index (κ2) is 6.72. The van der Waals surface area contributed by atoms with E-state index in [1.807, 2.05) is 24.8 Å². The van der Waals surface area contributed by atoms with E-state index < -0.39 is 0 Å². The van der Waals surface area contributed by atoms with Crippen LogP contribution < -0.4 is 5.32 Å². The van der Waals surface area contributed by atoms with E-state index in [2.05, 4.69) is 27.3 Å². The van der Waals surface area contributed by atoms with Crippen LogP contribution in [0.15, 0.2) is 15.9 Å². The highest BCUT2D eigenvalue weighted by molar-refractivity contribution is 9.11. The number of nitrogens with zero attached hydrogens (tertiary/aromatic N) is 1. The number of carbonyl (C=O) groups excluding carboxylic acids is 2. The summed E-state index contributed by atoms with van der Waals surface area (Å²) in [5.41, 5.74) is 0. The van der Waals surface area contributed by atoms with Crippen LogP contribution in [-0.4, -0.2) is 35.8 Å². The summed E-state index contributed by atoms with van der Waals surface area (Å²) >= 11 is 5.13. The maximum Gasteiger partial charge on any atom is 0.245 e. The fourth-order valence-corrected chi connectivity index (χ4v) is 3.73. The van der Waals surface area contributed by atoms with Crippen molar-refractivity contribution in [2.75, 3.05) is 13.1 Å². The molecule has 2 rings (SSSR count). The fourth-order valence-electron chi connectivity index (χ4n) is 2.26. The van der Waals surface area contributed by atoms with Gasteiger partial charge in [-0.05, 0) is 40.4 Å². The standard InChI is InChI=1S/C14H19BrN2O2S/c1-9(2)13-14(19)17(8-6-12(18)16-13)7-5-10-3-4-11(15)20-10/h3-4,9,13H,5-8H2,1-2H3,(H,16,18). The van der Waals surface area contributed by atoms with Crippen LogP contribution in [-0.2, 0) is 16.0 Å². The smallest absolute Gasteiger partial charge is 0.245 e. The molecule has 1 aromatic rings. The Morgan fingerprint density at radius 2 is 2.20 bits per heavy atom. The monoisotopic (exact) mass is 358 g/mol. The molecule has 0 bridgehead atoms. The average Bonchev–Trinajstić information content (AvgIpc) is 2.74. The van der Waals surface area contributed by atoms with Crippen LogP contribution in [0.5, 0.6) is 0 Å². The first kappa shape index (κ1) is 15.5. The molecule has 0 aliphatic carbocycles. The van der Waals surface area contributed by atoms with Crippen LogP contribution in [0.2, 0.25) is 0 Å². The highest BCUT2D eigenvalue weighted by Crippen LogP contribution is 2.23. The number of hydrogen-bond donors (Lipinski definition) is 1. The largest absolute Gasteiger partial charge is 0.344 e. The minimum atomic E-state index is -0.389. The zero-order valence-corrected chi connectivity index (χ0v) is 14.1. The molecule has 0 aromatic carbocycles. The van der Waals surface area contributed by atoms with Gasteiger partial charge in [-0.15, -0.1) is 11.3 Å². The number of halogens is 1. The molecule has 1 unspecified atom stereocenters. The lowest BCUT2D eigenvalue weighted by molar-refractivity contribution is -0.134. The van der Waals surface area contributed by atoms with E-state index in [1.165, 1.54) is 4.88 Å². The molecule has 110 valence electrons. The minimum Gasteiger partial charge on any atom is -0.344 e. The molecule has 4 nitrogen and oxygen atoms in total. The van der Waals surface area contributed by atoms with Crippen LogP contribution in [0, 0.1) is 5.92 Å². The molecule has 0 radical (unpaired) electrons. The van der Waals surface area contributed by atoms with Gasteiger partial charge < -0.3 is 10.2 Å². The van der Waals surface area contributed by atoms with Crippen molar-refractivity contribution in [2.45, 2.75) is 32.7 Å². The summed E-state index contributed by atoms with van der Waals surface area (Å²) in [4.78, 5) is 27.2. The fraction of sp³-hybridized carbons (Fsp3) is 0.571. The van der Waals surface area contributed by atoms with Crippen molar-refractivity contribution in [1.82, 2.24) is 10.2 Å². The van der Waals surface area contributed by atoms with E-state index in [0.717, 1.165) is 10.2 Å². The van der Waals surface area contributed by atoms with Crippen molar-refractivity contribution in [3.05, 3.63) is 20.8 Å². The quantitative estimate of drug-likeness (QED) is 0.898. The summed E-state index contributed by atoms with van der Waals surface area (Å²) in [6.07, 6.45) is 1.23. The maximum absolute atomic E-state index is 12.5. The van der Waals surface area contributed by atoms with Gasteiger partial charge in [-0.2, -0.15) is 0 Å². The van der Waals surface area contributed by atoms with Crippen molar-refractivity contribution in [2.24, 2.45) is 5.92 Å². The van der Waals surface area contributed by atoms with Gasteiger partial charge in [0, 0.05) is 24.4 Å². The second-order valence-electron chi connectivity index (χ2n) is 5.32. The lowest BCUT2D eigenvalue weighted by Crippen LogP contribution is -2.48. The number of hydrogen-bond acceptors (Lipinski definition) is 3. The van der Waals surface area contributed by atoms with E-state index in [0.29, 0.717) is 19.5 Å². The molecule has 0 saturated carbocycles. The Balaban J connectivity index is 2.01. The summed E-state index contributed by atoms with van der Waals surface area (Å²) < 4.78 is 1.10. The van der Waals surface area contributed by atoms with Gasteiger partial charge in [0.1, 0.15) is 6.04 Å². The summed E-state index contributed by atoms with van der Waals surface area (Å²) in [6.45, 7) is 5.11. The lowest BCUT2D eigenvalue weighted by Gasteiger charge is -2.25. The van der Waals surface area contributed by atoms with Gasteiger partial charge in [0.15, 0.2) is 0 Å². The van der Waals surface area contributed by atoms with Crippen LogP contribution in [0.4, 0.5) is 0 Å². The number of amides is 2. The Labute approximate surface area is 131 Å². The van der Waals surface area contributed by atoms with E-state index >= 15 is 0 Å². The minimum absolute atomic E-state index is 0.0292. The van der Waals surface area contributed by atoms with Crippen molar-refractivity contribution < 1.29 is 9.59 Å². The highest BCUT2D eigenvalue weighted by atomic mass is 79.9. The Hall–Kier alpha value is -0.880. The third-order valence-corrected chi connectivity index (χ3v) is 5.11. The molecule has 1 aliphatic rings. The molecule has 2 amide bonds. The van der Waals surface area contributed by atoms with Gasteiger partial charge in [-0.3, -0.25) is 9.59 Å². The van der Waals surface area contributed by atoms with Crippen LogP contribution in [0.3, 0.4) is 0 Å². The molecule has 6 heteroatoms. The molecule has 1 N–H and O–H groups in total. The predicted octanol–water partition coefficient (Wildman–Crippen LogP) is 2.43. The molecular weight excluding hydrogens is 340 g/mol. The Kier molecular flexibility index (Phi) is 5.21. The molecule has 1 aromatic heterocycles. The molecule has 1 saturated heterocycles. The predicted molar refractivity (Wildman–Crippen MR) is 83.7 cm³/mol. The van der Waals surface area contributed by atoms with Gasteiger partial charge in [0.25, 0.3) is 0 Å². The van der Waals surface area contributed by atoms with E-state index in [9.17, 15) is 9.59 Å². The first-order valence-electron chi connectivity index (χ1n) is 6.79. The Morgan fingerprint density at radius 3 is 2.80 bits per heavy atom. The van der Waals surface area contributed by atoms with Crippen LogP contribution in [0.1, 0.15) is 25.1 Å². The van der Waals surface area contributed by atoms with Gasteiger partial charge in [0.2, 0.25) is 11.8 Å². The van der Waals surface area contributed by atoms with Gasteiger partial charge >= 0.3 is 0 Å². The van der Waals surface area contributed by atoms with Gasteiger partial charge in [-0.1, -0.05) is 13.8 Å². The van der Waals surface area contributed by atoms with Crippen molar-refractivity contribution in [3.63, 3.8) is 0 Å². The van der Waals surface area contributed by atoms with Gasteiger partial charge in [-0.25, -0.2) is 0 Å². The summed E-state index contributed by atoms with van der Waals surface area (Å²) in [5.74, 6) is 0.128. The van der Waals surface area contributed by atoms with Crippen molar-refractivity contribution in [3.8, 4) is 0 Å². The maximum atomic E-state index is 12.5. The number of carbonyl (C=O) groups is 2. The number of nitrogens with one attached hydrogen (secondary N) is 1. The Morgan fingerprint density at radius 1 is 1.45 bits per heavy atom. The second-order valence-corrected chi connectivity index (χ2v) is 7.87. The van der Waals surface area contributed by atoms with Crippen molar-refractivity contribution >= 4 is 39.1 Å². The SMILES string of the molecule is CC(C)C1NC(=O)CCN(CCc2ccc(Br)s2)C1=O.